The van der Waals surface area contributed by atoms with Crippen LogP contribution in [0.1, 0.15) is 69.5 Å². The summed E-state index contributed by atoms with van der Waals surface area (Å²) in [6, 6.07) is 14.0. The monoisotopic (exact) mass is 491 g/mol. The van der Waals surface area contributed by atoms with Crippen molar-refractivity contribution in [2.75, 3.05) is 0 Å². The molecule has 0 aliphatic carbocycles. The van der Waals surface area contributed by atoms with Crippen molar-refractivity contribution in [1.29, 1.82) is 0 Å². The number of carboxylic acids is 1. The van der Waals surface area contributed by atoms with Gasteiger partial charge in [0, 0.05) is 16.0 Å². The second-order valence-corrected chi connectivity index (χ2v) is 10.0. The molecule has 2 aromatic rings. The van der Waals surface area contributed by atoms with Gasteiger partial charge in [-0.25, -0.2) is 0 Å². The van der Waals surface area contributed by atoms with Crippen molar-refractivity contribution in [3.63, 3.8) is 0 Å². The van der Waals surface area contributed by atoms with E-state index in [1.807, 2.05) is 44.2 Å². The molecule has 5 atom stereocenters. The first-order chi connectivity index (χ1) is 15.6. The number of nitrogens with zero attached hydrogens (tertiary/aromatic N) is 1. The predicted molar refractivity (Wildman–Crippen MR) is 131 cm³/mol. The van der Waals surface area contributed by atoms with Gasteiger partial charge >= 0.3 is 5.97 Å². The van der Waals surface area contributed by atoms with Crippen molar-refractivity contribution in [2.45, 2.75) is 70.6 Å². The molecule has 1 fully saturated rings. The molecule has 3 rings (SSSR count). The SMILES string of the molecule is CC[C@@H](O)[C@H](CC)N1C(=O)[C@](C)(CC(=O)O)C[C@H](c2cccc(Cl)c2)[C@H]1c1ccc(Cl)cc1. The smallest absolute Gasteiger partial charge is 0.304 e. The summed E-state index contributed by atoms with van der Waals surface area (Å²) in [5.41, 5.74) is 0.692. The van der Waals surface area contributed by atoms with Crippen LogP contribution in [0.5, 0.6) is 0 Å². The van der Waals surface area contributed by atoms with Crippen molar-refractivity contribution in [2.24, 2.45) is 5.41 Å². The summed E-state index contributed by atoms with van der Waals surface area (Å²) < 4.78 is 0. The number of benzene rings is 2. The van der Waals surface area contributed by atoms with Crippen LogP contribution in [0.25, 0.3) is 0 Å². The molecule has 1 heterocycles. The number of aliphatic carboxylic acids is 1. The molecule has 1 aliphatic rings. The Bertz CT molecular complexity index is 996. The predicted octanol–water partition coefficient (Wildman–Crippen LogP) is 6.08. The zero-order valence-electron chi connectivity index (χ0n) is 19.2. The number of carbonyl (C=O) groups is 2. The molecule has 2 N–H and O–H groups in total. The maximum atomic E-state index is 14.0. The first-order valence-electron chi connectivity index (χ1n) is 11.3. The summed E-state index contributed by atoms with van der Waals surface area (Å²) in [6.45, 7) is 5.54. The Balaban J connectivity index is 2.25. The fraction of sp³-hybridized carbons (Fsp3) is 0.462. The Hall–Kier alpha value is -2.08. The number of hydrogen-bond donors (Lipinski definition) is 2. The number of rotatable bonds is 8. The zero-order valence-corrected chi connectivity index (χ0v) is 20.7. The molecule has 5 nitrogen and oxygen atoms in total. The maximum Gasteiger partial charge on any atom is 0.304 e. The number of piperidine rings is 1. The van der Waals surface area contributed by atoms with Gasteiger partial charge < -0.3 is 15.1 Å². The van der Waals surface area contributed by atoms with E-state index in [2.05, 4.69) is 0 Å². The molecule has 0 bridgehead atoms. The number of aliphatic hydroxyl groups excluding tert-OH is 1. The molecule has 0 aromatic heterocycles. The second-order valence-electron chi connectivity index (χ2n) is 9.16. The summed E-state index contributed by atoms with van der Waals surface area (Å²) >= 11 is 12.5. The average Bonchev–Trinajstić information content (AvgIpc) is 2.77. The number of carbonyl (C=O) groups excluding carboxylic acids is 1. The van der Waals surface area contributed by atoms with Crippen LogP contribution >= 0.6 is 23.2 Å². The molecule has 0 unspecified atom stereocenters. The van der Waals surface area contributed by atoms with Crippen LogP contribution in [0.4, 0.5) is 0 Å². The molecule has 0 saturated carbocycles. The van der Waals surface area contributed by atoms with E-state index in [1.165, 1.54) is 0 Å². The summed E-state index contributed by atoms with van der Waals surface area (Å²) in [5, 5.41) is 21.7. The minimum Gasteiger partial charge on any atom is -0.481 e. The fourth-order valence-electron chi connectivity index (χ4n) is 5.17. The third kappa shape index (κ3) is 5.37. The van der Waals surface area contributed by atoms with Gasteiger partial charge in [0.1, 0.15) is 0 Å². The zero-order chi connectivity index (χ0) is 24.3. The van der Waals surface area contributed by atoms with Crippen LogP contribution in [0.2, 0.25) is 10.0 Å². The lowest BCUT2D eigenvalue weighted by atomic mass is 9.66. The number of halogens is 2. The summed E-state index contributed by atoms with van der Waals surface area (Å²) in [6.07, 6.45) is 0.344. The molecule has 0 radical (unpaired) electrons. The highest BCUT2D eigenvalue weighted by molar-refractivity contribution is 6.30. The lowest BCUT2D eigenvalue weighted by Gasteiger charge is -2.52. The lowest BCUT2D eigenvalue weighted by molar-refractivity contribution is -0.163. The van der Waals surface area contributed by atoms with Crippen LogP contribution < -0.4 is 0 Å². The Kier molecular flexibility index (Phi) is 8.09. The van der Waals surface area contributed by atoms with Crippen molar-refractivity contribution in [3.8, 4) is 0 Å². The third-order valence-corrected chi connectivity index (χ3v) is 7.26. The normalized spacial score (nSPS) is 25.0. The molecule has 1 saturated heterocycles. The van der Waals surface area contributed by atoms with Crippen LogP contribution in [-0.4, -0.2) is 39.1 Å². The van der Waals surface area contributed by atoms with Crippen LogP contribution in [-0.2, 0) is 9.59 Å². The average molecular weight is 492 g/mol. The highest BCUT2D eigenvalue weighted by atomic mass is 35.5. The third-order valence-electron chi connectivity index (χ3n) is 6.77. The van der Waals surface area contributed by atoms with E-state index < -0.39 is 29.6 Å². The maximum absolute atomic E-state index is 14.0. The number of amides is 1. The van der Waals surface area contributed by atoms with E-state index in [4.69, 9.17) is 23.2 Å². The molecular formula is C26H31Cl2NO4. The number of carboxylic acid groups (broad SMARTS) is 1. The van der Waals surface area contributed by atoms with Gasteiger partial charge in [-0.15, -0.1) is 0 Å². The fourth-order valence-corrected chi connectivity index (χ4v) is 5.50. The van der Waals surface area contributed by atoms with Crippen LogP contribution in [0.3, 0.4) is 0 Å². The number of hydrogen-bond acceptors (Lipinski definition) is 3. The summed E-state index contributed by atoms with van der Waals surface area (Å²) in [5.74, 6) is -1.49. The minimum absolute atomic E-state index is 0.218. The quantitative estimate of drug-likeness (QED) is 0.468. The van der Waals surface area contributed by atoms with Gasteiger partial charge in [0.05, 0.1) is 30.0 Å². The molecule has 178 valence electrons. The van der Waals surface area contributed by atoms with Gasteiger partial charge in [0.2, 0.25) is 5.91 Å². The molecule has 2 aromatic carbocycles. The Morgan fingerprint density at radius 3 is 2.30 bits per heavy atom. The van der Waals surface area contributed by atoms with Crippen LogP contribution in [0, 0.1) is 5.41 Å². The number of likely N-dealkylation sites (tertiary alicyclic amines) is 1. The number of aliphatic hydroxyl groups is 1. The van der Waals surface area contributed by atoms with Crippen LogP contribution in [0.15, 0.2) is 48.5 Å². The lowest BCUT2D eigenvalue weighted by Crippen LogP contribution is -2.58. The highest BCUT2D eigenvalue weighted by Gasteiger charge is 2.53. The molecule has 33 heavy (non-hydrogen) atoms. The van der Waals surface area contributed by atoms with Crippen molar-refractivity contribution in [3.05, 3.63) is 69.7 Å². The van der Waals surface area contributed by atoms with Crippen molar-refractivity contribution in [1.82, 2.24) is 4.90 Å². The standard InChI is InChI=1S/C26H31Cl2NO4/c1-4-21(22(30)5-2)29-24(16-9-11-18(27)12-10-16)20(17-7-6-8-19(28)13-17)14-26(3,25(29)33)15-23(31)32/h6-13,20-22,24,30H,4-5,14-15H2,1-3H3,(H,31,32)/t20-,21+,22-,24-,26+/m1/s1. The van der Waals surface area contributed by atoms with Crippen molar-refractivity contribution >= 4 is 35.1 Å². The molecular weight excluding hydrogens is 461 g/mol. The van der Waals surface area contributed by atoms with Gasteiger partial charge in [0.15, 0.2) is 0 Å². The Morgan fingerprint density at radius 2 is 1.76 bits per heavy atom. The van der Waals surface area contributed by atoms with Crippen molar-refractivity contribution < 1.29 is 19.8 Å². The Morgan fingerprint density at radius 1 is 1.09 bits per heavy atom. The van der Waals surface area contributed by atoms with E-state index in [0.717, 1.165) is 11.1 Å². The molecule has 0 spiro atoms. The van der Waals surface area contributed by atoms with E-state index in [-0.39, 0.29) is 18.2 Å². The minimum atomic E-state index is -1.12. The largest absolute Gasteiger partial charge is 0.481 e. The van der Waals surface area contributed by atoms with Gasteiger partial charge in [-0.1, -0.05) is 68.2 Å². The van der Waals surface area contributed by atoms with Gasteiger partial charge in [0.25, 0.3) is 0 Å². The van der Waals surface area contributed by atoms with E-state index in [1.54, 1.807) is 30.0 Å². The van der Waals surface area contributed by atoms with Gasteiger partial charge in [-0.3, -0.25) is 9.59 Å². The van der Waals surface area contributed by atoms with Gasteiger partial charge in [-0.2, -0.15) is 0 Å². The molecule has 7 heteroatoms. The molecule has 1 aliphatic heterocycles. The highest BCUT2D eigenvalue weighted by Crippen LogP contribution is 2.52. The van der Waals surface area contributed by atoms with E-state index in [9.17, 15) is 19.8 Å². The summed E-state index contributed by atoms with van der Waals surface area (Å²) in [4.78, 5) is 27.5. The first-order valence-corrected chi connectivity index (χ1v) is 12.1. The van der Waals surface area contributed by atoms with E-state index in [0.29, 0.717) is 29.3 Å². The van der Waals surface area contributed by atoms with Gasteiger partial charge in [-0.05, 0) is 54.7 Å². The molecule has 1 amide bonds. The van der Waals surface area contributed by atoms with E-state index >= 15 is 0 Å². The second kappa shape index (κ2) is 10.5. The Labute approximate surface area is 205 Å². The first kappa shape index (κ1) is 25.5. The topological polar surface area (TPSA) is 77.8 Å². The summed E-state index contributed by atoms with van der Waals surface area (Å²) in [7, 11) is 0.